The van der Waals surface area contributed by atoms with Crippen LogP contribution in [0.1, 0.15) is 150 Å². The summed E-state index contributed by atoms with van der Waals surface area (Å²) in [5, 5.41) is -0.745. The fourth-order valence-corrected chi connectivity index (χ4v) is 9.34. The highest BCUT2D eigenvalue weighted by atomic mass is 31.2. The molecule has 3 aromatic rings. The minimum absolute atomic E-state index is 0.117. The van der Waals surface area contributed by atoms with Crippen molar-refractivity contribution in [2.24, 2.45) is 11.8 Å². The third-order valence-corrected chi connectivity index (χ3v) is 14.4. The second-order valence-electron chi connectivity index (χ2n) is 16.5. The van der Waals surface area contributed by atoms with E-state index < -0.39 is 27.9 Å². The van der Waals surface area contributed by atoms with Crippen LogP contribution in [-0.4, -0.2) is 23.7 Å². The Balaban J connectivity index is 1.57. The molecule has 1 aliphatic rings. The lowest BCUT2D eigenvalue weighted by Gasteiger charge is -2.38. The van der Waals surface area contributed by atoms with Crippen molar-refractivity contribution in [1.29, 1.82) is 0 Å². The van der Waals surface area contributed by atoms with Crippen molar-refractivity contribution in [3.8, 4) is 17.2 Å². The van der Waals surface area contributed by atoms with Crippen LogP contribution in [-0.2, 0) is 13.8 Å². The van der Waals surface area contributed by atoms with Gasteiger partial charge in [0.05, 0.1) is 18.3 Å². The lowest BCUT2D eigenvalue weighted by molar-refractivity contribution is -0.00892. The number of hydrogen-bond donors (Lipinski definition) is 0. The Labute approximate surface area is 342 Å². The van der Waals surface area contributed by atoms with Crippen LogP contribution >= 0.6 is 17.0 Å². The zero-order valence-corrected chi connectivity index (χ0v) is 38.1. The van der Waals surface area contributed by atoms with E-state index in [1.807, 2.05) is 30.3 Å². The number of ether oxygens (including phenoxy) is 1. The predicted octanol–water partition coefficient (Wildman–Crippen LogP) is 15.4. The fraction of sp³-hybridized carbons (Fsp3) is 0.542. The Morgan fingerprint density at radius 3 is 1.50 bits per heavy atom. The molecule has 3 aromatic carbocycles. The molecule has 0 radical (unpaired) electrons. The van der Waals surface area contributed by atoms with Gasteiger partial charge in [0.25, 0.3) is 8.38 Å². The van der Waals surface area contributed by atoms with Crippen molar-refractivity contribution in [3.63, 3.8) is 0 Å². The maximum absolute atomic E-state index is 7.03. The molecule has 4 rings (SSSR count). The Hall–Kier alpha value is -2.72. The number of benzene rings is 3. The van der Waals surface area contributed by atoms with Crippen LogP contribution in [0, 0.1) is 11.8 Å². The van der Waals surface area contributed by atoms with Gasteiger partial charge < -0.3 is 22.8 Å². The Morgan fingerprint density at radius 2 is 1.04 bits per heavy atom. The van der Waals surface area contributed by atoms with Crippen LogP contribution in [0.5, 0.6) is 17.2 Å². The highest BCUT2D eigenvalue weighted by Crippen LogP contribution is 2.56. The molecular formula is C48H70O6P2. The molecule has 0 fully saturated rings. The second kappa shape index (κ2) is 21.9. The largest absolute Gasteiger partial charge is 0.463 e. The summed E-state index contributed by atoms with van der Waals surface area (Å²) in [6.45, 7) is 26.6. The first-order valence-electron chi connectivity index (χ1n) is 21.0. The van der Waals surface area contributed by atoms with E-state index in [9.17, 15) is 0 Å². The molecule has 6 unspecified atom stereocenters. The zero-order valence-electron chi connectivity index (χ0n) is 36.3. The smallest absolute Gasteiger partial charge is 0.445 e. The van der Waals surface area contributed by atoms with Crippen molar-refractivity contribution >= 4 is 17.0 Å². The summed E-state index contributed by atoms with van der Waals surface area (Å²) in [5.41, 5.74) is 2.84. The molecule has 0 bridgehead atoms. The zero-order chi connectivity index (χ0) is 40.9. The van der Waals surface area contributed by atoms with Gasteiger partial charge in [-0.1, -0.05) is 141 Å². The minimum Gasteiger partial charge on any atom is -0.445 e. The average Bonchev–Trinajstić information content (AvgIpc) is 3.19. The molecule has 0 heterocycles. The molecule has 0 saturated carbocycles. The molecule has 308 valence electrons. The van der Waals surface area contributed by atoms with Crippen molar-refractivity contribution in [3.05, 3.63) is 114 Å². The first-order chi connectivity index (χ1) is 26.7. The van der Waals surface area contributed by atoms with Crippen LogP contribution in [0.4, 0.5) is 0 Å². The monoisotopic (exact) mass is 804 g/mol. The van der Waals surface area contributed by atoms with Gasteiger partial charge >= 0.3 is 8.60 Å². The summed E-state index contributed by atoms with van der Waals surface area (Å²) < 4.78 is 41.1. The molecule has 0 saturated heterocycles. The highest BCUT2D eigenvalue weighted by molar-refractivity contribution is 7.49. The van der Waals surface area contributed by atoms with Gasteiger partial charge in [0.1, 0.15) is 22.6 Å². The molecule has 0 N–H and O–H groups in total. The van der Waals surface area contributed by atoms with E-state index in [0.717, 1.165) is 54.1 Å². The topological polar surface area (TPSA) is 55.4 Å². The molecule has 0 aliphatic heterocycles. The molecule has 0 aromatic heterocycles. The summed E-state index contributed by atoms with van der Waals surface area (Å²) >= 11 is 0. The van der Waals surface area contributed by atoms with Crippen LogP contribution < -0.4 is 13.6 Å². The van der Waals surface area contributed by atoms with E-state index in [4.69, 9.17) is 27.4 Å². The number of para-hydroxylation sites is 3. The van der Waals surface area contributed by atoms with Crippen molar-refractivity contribution < 1.29 is 27.4 Å². The molecule has 8 heteroatoms. The van der Waals surface area contributed by atoms with Crippen molar-refractivity contribution in [2.45, 2.75) is 150 Å². The van der Waals surface area contributed by atoms with Gasteiger partial charge in [0.15, 0.2) is 0 Å². The van der Waals surface area contributed by atoms with Crippen molar-refractivity contribution in [2.75, 3.05) is 6.61 Å². The molecule has 7 atom stereocenters. The summed E-state index contributed by atoms with van der Waals surface area (Å²) in [6, 6.07) is 24.8. The molecule has 6 nitrogen and oxygen atoms in total. The molecule has 1 aliphatic carbocycles. The minimum atomic E-state index is -1.84. The van der Waals surface area contributed by atoms with Gasteiger partial charge in [-0.3, -0.25) is 4.52 Å². The molecular weight excluding hydrogens is 734 g/mol. The highest BCUT2D eigenvalue weighted by Gasteiger charge is 2.41. The number of rotatable bonds is 23. The Morgan fingerprint density at radius 1 is 0.589 bits per heavy atom. The van der Waals surface area contributed by atoms with Gasteiger partial charge in [-0.2, -0.15) is 0 Å². The van der Waals surface area contributed by atoms with Crippen LogP contribution in [0.15, 0.2) is 97.1 Å². The van der Waals surface area contributed by atoms with E-state index >= 15 is 0 Å². The van der Waals surface area contributed by atoms with Gasteiger partial charge in [0, 0.05) is 5.92 Å². The lowest BCUT2D eigenvalue weighted by atomic mass is 9.85. The van der Waals surface area contributed by atoms with E-state index in [1.165, 1.54) is 5.56 Å². The normalized spacial score (nSPS) is 19.1. The predicted molar refractivity (Wildman–Crippen MR) is 237 cm³/mol. The Bertz CT molecular complexity index is 1630. The van der Waals surface area contributed by atoms with E-state index in [-0.39, 0.29) is 12.0 Å². The number of allylic oxidation sites excluding steroid dienone is 2. The summed E-state index contributed by atoms with van der Waals surface area (Å²) in [4.78, 5) is 0. The summed E-state index contributed by atoms with van der Waals surface area (Å²) in [7, 11) is -3.39. The van der Waals surface area contributed by atoms with Gasteiger partial charge in [-0.25, -0.2) is 0 Å². The maximum Gasteiger partial charge on any atom is 0.463 e. The van der Waals surface area contributed by atoms with Gasteiger partial charge in [-0.05, 0) is 112 Å². The fourth-order valence-electron chi connectivity index (χ4n) is 6.59. The average molecular weight is 805 g/mol. The first kappa shape index (κ1) is 46.0. The van der Waals surface area contributed by atoms with Crippen molar-refractivity contribution in [1.82, 2.24) is 0 Å². The van der Waals surface area contributed by atoms with Crippen LogP contribution in [0.25, 0.3) is 0 Å². The summed E-state index contributed by atoms with van der Waals surface area (Å²) in [6.07, 6.45) is 13.2. The third kappa shape index (κ3) is 12.9. The molecule has 56 heavy (non-hydrogen) atoms. The maximum atomic E-state index is 7.03. The summed E-state index contributed by atoms with van der Waals surface area (Å²) in [5.74, 6) is 4.17. The third-order valence-electron chi connectivity index (χ3n) is 11.3. The first-order valence-corrected chi connectivity index (χ1v) is 23.3. The van der Waals surface area contributed by atoms with Gasteiger partial charge in [-0.15, -0.1) is 0 Å². The van der Waals surface area contributed by atoms with E-state index in [2.05, 4.69) is 150 Å². The SMILES string of the molecule is CCC(C)c1ccccc1OP(Oc1ccccc1C(C)CC)OC(C)(C)CCOC(C)(C)P(Oc1ccccc1C(C)CC)O[C@H]1C=CC=CC1C(C)CC. The van der Waals surface area contributed by atoms with Crippen LogP contribution in [0.3, 0.4) is 0 Å². The Kier molecular flexibility index (Phi) is 18.0. The second-order valence-corrected chi connectivity index (χ2v) is 19.5. The van der Waals surface area contributed by atoms with E-state index in [0.29, 0.717) is 36.7 Å². The van der Waals surface area contributed by atoms with E-state index in [1.54, 1.807) is 0 Å². The number of hydrogen-bond acceptors (Lipinski definition) is 6. The molecule has 0 spiro atoms. The van der Waals surface area contributed by atoms with Gasteiger partial charge in [0.2, 0.25) is 0 Å². The standard InChI is InChI=1S/C48H70O6P2/c1-13-35(5)39-25-17-21-29-43(39)50-55(51-44-30-22-18-26-40(44)36(6)14-2)48(11,12)49-34-33-47(9,10)54-56(52-45-31-23-19-27-41(45)37(7)15-3)53-46-32-24-20-28-42(46)38(8)16-4/h17-32,35-39,43H,13-16,33-34H2,1-12H3/t35?,36?,37?,38?,39?,43-,55?,56?/m0/s1. The quantitative estimate of drug-likeness (QED) is 0.0890. The lowest BCUT2D eigenvalue weighted by Crippen LogP contribution is -2.33. The van der Waals surface area contributed by atoms with Crippen LogP contribution in [0.2, 0.25) is 0 Å². The molecule has 0 amide bonds.